The molecule has 0 bridgehead atoms. The molecule has 2 heterocycles. The Bertz CT molecular complexity index is 907. The predicted octanol–water partition coefficient (Wildman–Crippen LogP) is 2.20. The van der Waals surface area contributed by atoms with E-state index in [4.69, 9.17) is 16.3 Å². The Hall–Kier alpha value is -2.05. The molecule has 0 atom stereocenters. The first kappa shape index (κ1) is 14.9. The van der Waals surface area contributed by atoms with Gasteiger partial charge in [-0.15, -0.1) is 10.2 Å². The van der Waals surface area contributed by atoms with Crippen LogP contribution < -0.4 is 5.56 Å². The Morgan fingerprint density at radius 3 is 2.82 bits per heavy atom. The van der Waals surface area contributed by atoms with Crippen LogP contribution in [0.1, 0.15) is 12.7 Å². The number of fused-ring (bicyclic) bond motifs is 3. The second-order valence-corrected chi connectivity index (χ2v) is 5.33. The molecule has 3 rings (SSSR count). The number of hydrogen-bond acceptors (Lipinski definition) is 5. The van der Waals surface area contributed by atoms with Gasteiger partial charge in [0.15, 0.2) is 5.52 Å². The molecule has 0 saturated heterocycles. The van der Waals surface area contributed by atoms with E-state index in [1.807, 2.05) is 13.0 Å². The van der Waals surface area contributed by atoms with E-state index in [9.17, 15) is 4.79 Å². The van der Waals surface area contributed by atoms with Crippen LogP contribution in [0.3, 0.4) is 0 Å². The lowest BCUT2D eigenvalue weighted by atomic mass is 10.2. The van der Waals surface area contributed by atoms with Crippen LogP contribution in [0, 0.1) is 0 Å². The maximum Gasteiger partial charge on any atom is 0.282 e. The van der Waals surface area contributed by atoms with Gasteiger partial charge in [0.2, 0.25) is 0 Å². The first-order chi connectivity index (χ1) is 10.7. The van der Waals surface area contributed by atoms with E-state index in [1.165, 1.54) is 0 Å². The van der Waals surface area contributed by atoms with E-state index in [-0.39, 0.29) is 11.1 Å². The third-order valence-corrected chi connectivity index (χ3v) is 3.77. The Morgan fingerprint density at radius 2 is 2.09 bits per heavy atom. The summed E-state index contributed by atoms with van der Waals surface area (Å²) in [5, 5.41) is 9.49. The lowest BCUT2D eigenvalue weighted by Crippen LogP contribution is -2.27. The molecule has 0 aliphatic heterocycles. The molecule has 22 heavy (non-hydrogen) atoms. The van der Waals surface area contributed by atoms with Gasteiger partial charge in [0.1, 0.15) is 11.3 Å². The Labute approximate surface area is 131 Å². The standard InChI is InChI=1S/C15H15ClN4O2/c1-3-12-17-13-10-5-4-9(16)8-11(10)18-19-14(13)15(21)20(12)6-7-22-2/h4-5,8H,3,6-7H2,1-2H3. The van der Waals surface area contributed by atoms with Crippen molar-refractivity contribution in [2.45, 2.75) is 19.9 Å². The molecule has 0 unspecified atom stereocenters. The summed E-state index contributed by atoms with van der Waals surface area (Å²) < 4.78 is 6.66. The van der Waals surface area contributed by atoms with Crippen LogP contribution in [-0.2, 0) is 17.7 Å². The average molecular weight is 319 g/mol. The van der Waals surface area contributed by atoms with E-state index in [0.29, 0.717) is 41.5 Å². The summed E-state index contributed by atoms with van der Waals surface area (Å²) in [6.45, 7) is 2.85. The molecular formula is C15H15ClN4O2. The summed E-state index contributed by atoms with van der Waals surface area (Å²) >= 11 is 5.97. The van der Waals surface area contributed by atoms with Crippen molar-refractivity contribution in [1.82, 2.24) is 19.7 Å². The van der Waals surface area contributed by atoms with Gasteiger partial charge in [-0.3, -0.25) is 9.36 Å². The highest BCUT2D eigenvalue weighted by atomic mass is 35.5. The first-order valence-electron chi connectivity index (χ1n) is 7.00. The van der Waals surface area contributed by atoms with E-state index < -0.39 is 0 Å². The minimum Gasteiger partial charge on any atom is -0.383 e. The van der Waals surface area contributed by atoms with Crippen LogP contribution in [0.4, 0.5) is 0 Å². The number of rotatable bonds is 4. The minimum atomic E-state index is -0.191. The lowest BCUT2D eigenvalue weighted by molar-refractivity contribution is 0.185. The van der Waals surface area contributed by atoms with Gasteiger partial charge in [-0.05, 0) is 18.2 Å². The van der Waals surface area contributed by atoms with Gasteiger partial charge in [0.25, 0.3) is 5.56 Å². The van der Waals surface area contributed by atoms with E-state index in [0.717, 1.165) is 5.39 Å². The highest BCUT2D eigenvalue weighted by Gasteiger charge is 2.14. The second-order valence-electron chi connectivity index (χ2n) is 4.89. The van der Waals surface area contributed by atoms with Crippen LogP contribution in [0.25, 0.3) is 21.9 Å². The van der Waals surface area contributed by atoms with Crippen molar-refractivity contribution >= 4 is 33.5 Å². The first-order valence-corrected chi connectivity index (χ1v) is 7.37. The van der Waals surface area contributed by atoms with Crippen LogP contribution in [0.15, 0.2) is 23.0 Å². The van der Waals surface area contributed by atoms with Gasteiger partial charge < -0.3 is 4.74 Å². The Kier molecular flexibility index (Phi) is 4.04. The number of hydrogen-bond donors (Lipinski definition) is 0. The van der Waals surface area contributed by atoms with E-state index in [2.05, 4.69) is 15.2 Å². The molecule has 1 aromatic carbocycles. The fraction of sp³-hybridized carbons (Fsp3) is 0.333. The van der Waals surface area contributed by atoms with Crippen LogP contribution in [-0.4, -0.2) is 33.5 Å². The number of ether oxygens (including phenoxy) is 1. The van der Waals surface area contributed by atoms with Crippen molar-refractivity contribution in [2.75, 3.05) is 13.7 Å². The Morgan fingerprint density at radius 1 is 1.27 bits per heavy atom. The van der Waals surface area contributed by atoms with Gasteiger partial charge in [0, 0.05) is 23.9 Å². The van der Waals surface area contributed by atoms with Crippen molar-refractivity contribution in [1.29, 1.82) is 0 Å². The molecule has 0 radical (unpaired) electrons. The summed E-state index contributed by atoms with van der Waals surface area (Å²) in [5.41, 5.74) is 1.27. The van der Waals surface area contributed by atoms with Crippen molar-refractivity contribution in [3.63, 3.8) is 0 Å². The highest BCUT2D eigenvalue weighted by molar-refractivity contribution is 6.31. The van der Waals surface area contributed by atoms with Crippen molar-refractivity contribution in [3.8, 4) is 0 Å². The molecule has 0 N–H and O–H groups in total. The normalized spacial score (nSPS) is 11.4. The van der Waals surface area contributed by atoms with Crippen LogP contribution in [0.2, 0.25) is 5.02 Å². The molecule has 0 aliphatic rings. The molecule has 2 aromatic heterocycles. The average Bonchev–Trinajstić information content (AvgIpc) is 2.53. The van der Waals surface area contributed by atoms with Gasteiger partial charge in [-0.1, -0.05) is 18.5 Å². The van der Waals surface area contributed by atoms with Gasteiger partial charge >= 0.3 is 0 Å². The minimum absolute atomic E-state index is 0.191. The molecule has 6 nitrogen and oxygen atoms in total. The number of methoxy groups -OCH3 is 1. The second kappa shape index (κ2) is 5.98. The van der Waals surface area contributed by atoms with Crippen molar-refractivity contribution in [2.24, 2.45) is 0 Å². The molecule has 0 spiro atoms. The summed E-state index contributed by atoms with van der Waals surface area (Å²) in [6.07, 6.45) is 0.645. The smallest absolute Gasteiger partial charge is 0.282 e. The van der Waals surface area contributed by atoms with Gasteiger partial charge in [0.05, 0.1) is 18.7 Å². The quantitative estimate of drug-likeness (QED) is 0.690. The zero-order valence-electron chi connectivity index (χ0n) is 12.3. The molecule has 0 fully saturated rings. The summed E-state index contributed by atoms with van der Waals surface area (Å²) in [6, 6.07) is 5.29. The largest absolute Gasteiger partial charge is 0.383 e. The predicted molar refractivity (Wildman–Crippen MR) is 85.4 cm³/mol. The maximum atomic E-state index is 12.7. The zero-order valence-corrected chi connectivity index (χ0v) is 13.1. The molecule has 3 aromatic rings. The molecule has 0 saturated carbocycles. The summed E-state index contributed by atoms with van der Waals surface area (Å²) in [7, 11) is 1.60. The molecule has 7 heteroatoms. The third-order valence-electron chi connectivity index (χ3n) is 3.53. The molecule has 0 amide bonds. The highest BCUT2D eigenvalue weighted by Crippen LogP contribution is 2.22. The number of aryl methyl sites for hydroxylation is 1. The van der Waals surface area contributed by atoms with Crippen molar-refractivity contribution < 1.29 is 4.74 Å². The topological polar surface area (TPSA) is 69.9 Å². The maximum absolute atomic E-state index is 12.7. The zero-order chi connectivity index (χ0) is 15.7. The number of aromatic nitrogens is 4. The SMILES string of the molecule is CCc1nc2c(nnc3cc(Cl)ccc32)c(=O)n1CCOC. The summed E-state index contributed by atoms with van der Waals surface area (Å²) in [4.78, 5) is 17.3. The molecule has 0 aliphatic carbocycles. The summed E-state index contributed by atoms with van der Waals surface area (Å²) in [5.74, 6) is 0.707. The lowest BCUT2D eigenvalue weighted by Gasteiger charge is -2.12. The fourth-order valence-electron chi connectivity index (χ4n) is 2.44. The fourth-order valence-corrected chi connectivity index (χ4v) is 2.61. The van der Waals surface area contributed by atoms with Crippen molar-refractivity contribution in [3.05, 3.63) is 39.4 Å². The van der Waals surface area contributed by atoms with Gasteiger partial charge in [-0.2, -0.15) is 0 Å². The van der Waals surface area contributed by atoms with Crippen LogP contribution >= 0.6 is 11.6 Å². The van der Waals surface area contributed by atoms with E-state index >= 15 is 0 Å². The number of halogens is 1. The van der Waals surface area contributed by atoms with E-state index in [1.54, 1.807) is 23.8 Å². The van der Waals surface area contributed by atoms with Gasteiger partial charge in [-0.25, -0.2) is 4.98 Å². The monoisotopic (exact) mass is 318 g/mol. The van der Waals surface area contributed by atoms with Crippen LogP contribution in [0.5, 0.6) is 0 Å². The number of benzene rings is 1. The molecule has 114 valence electrons. The number of nitrogens with zero attached hydrogens (tertiary/aromatic N) is 4. The third kappa shape index (κ3) is 2.44. The molecular weight excluding hydrogens is 304 g/mol. The Balaban J connectivity index is 2.35.